The number of amides is 1. The number of nitrogens with zero attached hydrogens (tertiary/aromatic N) is 2. The number of carbonyl (C=O) groups excluding carboxylic acids is 1. The number of hydrogen-bond donors (Lipinski definition) is 1. The van der Waals surface area contributed by atoms with E-state index in [4.69, 9.17) is 0 Å². The highest BCUT2D eigenvalue weighted by atomic mass is 19.1. The molecule has 0 aliphatic heterocycles. The normalized spacial score (nSPS) is 10.4. The zero-order valence-corrected chi connectivity index (χ0v) is 10.4. The lowest BCUT2D eigenvalue weighted by atomic mass is 10.1. The summed E-state index contributed by atoms with van der Waals surface area (Å²) >= 11 is 0. The Balaban J connectivity index is 1.92. The number of benzene rings is 1. The van der Waals surface area contributed by atoms with Crippen LogP contribution >= 0.6 is 0 Å². The summed E-state index contributed by atoms with van der Waals surface area (Å²) in [5.74, 6) is -0.696. The predicted molar refractivity (Wildman–Crippen MR) is 73.9 cm³/mol. The molecule has 0 bridgehead atoms. The molecule has 0 atom stereocenters. The molecule has 1 amide bonds. The number of para-hydroxylation sites is 1. The van der Waals surface area contributed by atoms with Gasteiger partial charge in [0.05, 0.1) is 5.56 Å². The molecule has 3 aromatic rings. The van der Waals surface area contributed by atoms with Gasteiger partial charge in [0, 0.05) is 29.7 Å². The maximum absolute atomic E-state index is 13.5. The van der Waals surface area contributed by atoms with E-state index >= 15 is 0 Å². The highest BCUT2D eigenvalue weighted by molar-refractivity contribution is 6.05. The van der Waals surface area contributed by atoms with Crippen molar-refractivity contribution in [1.29, 1.82) is 0 Å². The Morgan fingerprint density at radius 2 is 1.95 bits per heavy atom. The van der Waals surface area contributed by atoms with E-state index in [-0.39, 0.29) is 11.4 Å². The first-order valence-corrected chi connectivity index (χ1v) is 6.00. The molecule has 0 fully saturated rings. The van der Waals surface area contributed by atoms with Gasteiger partial charge in [-0.05, 0) is 24.3 Å². The van der Waals surface area contributed by atoms with Crippen LogP contribution in [0.4, 0.5) is 10.1 Å². The summed E-state index contributed by atoms with van der Waals surface area (Å²) in [7, 11) is 0. The molecule has 3 rings (SSSR count). The van der Waals surface area contributed by atoms with Gasteiger partial charge in [0.15, 0.2) is 0 Å². The van der Waals surface area contributed by atoms with Crippen LogP contribution in [0.3, 0.4) is 0 Å². The van der Waals surface area contributed by atoms with Gasteiger partial charge < -0.3 is 5.32 Å². The molecule has 0 aliphatic rings. The fourth-order valence-electron chi connectivity index (χ4n) is 1.89. The van der Waals surface area contributed by atoms with E-state index in [1.54, 1.807) is 42.7 Å². The number of fused-ring (bicyclic) bond motifs is 1. The summed E-state index contributed by atoms with van der Waals surface area (Å²) in [5, 5.41) is 3.31. The number of carbonyl (C=O) groups is 1. The van der Waals surface area contributed by atoms with Crippen LogP contribution < -0.4 is 5.32 Å². The van der Waals surface area contributed by atoms with E-state index in [0.717, 1.165) is 0 Å². The minimum absolute atomic E-state index is 0.257. The molecule has 2 heterocycles. The summed E-state index contributed by atoms with van der Waals surface area (Å²) in [6, 6.07) is 9.63. The van der Waals surface area contributed by atoms with E-state index in [0.29, 0.717) is 16.6 Å². The number of pyridine rings is 2. The van der Waals surface area contributed by atoms with Crippen LogP contribution in [0.5, 0.6) is 0 Å². The number of nitrogens with one attached hydrogen (secondary N) is 1. The van der Waals surface area contributed by atoms with Crippen molar-refractivity contribution in [3.8, 4) is 0 Å². The summed E-state index contributed by atoms with van der Waals surface area (Å²) in [4.78, 5) is 19.9. The standard InChI is InChI=1S/C15H10FN3O/c16-13-3-1-2-10-8-11(9-18-14(10)13)15(20)19-12-4-6-17-7-5-12/h1-9H,(H,17,19,20). The van der Waals surface area contributed by atoms with Crippen molar-refractivity contribution in [3.05, 3.63) is 66.4 Å². The highest BCUT2D eigenvalue weighted by Crippen LogP contribution is 2.17. The summed E-state index contributed by atoms with van der Waals surface area (Å²) in [6.45, 7) is 0. The van der Waals surface area contributed by atoms with Crippen molar-refractivity contribution in [2.45, 2.75) is 0 Å². The topological polar surface area (TPSA) is 54.9 Å². The molecule has 1 N–H and O–H groups in total. The maximum atomic E-state index is 13.5. The number of hydrogen-bond acceptors (Lipinski definition) is 3. The SMILES string of the molecule is O=C(Nc1ccncc1)c1cnc2c(F)cccc2c1. The Bertz CT molecular complexity index is 774. The molecule has 0 unspecified atom stereocenters. The van der Waals surface area contributed by atoms with Crippen molar-refractivity contribution in [2.24, 2.45) is 0 Å². The van der Waals surface area contributed by atoms with Crippen molar-refractivity contribution in [3.63, 3.8) is 0 Å². The van der Waals surface area contributed by atoms with Gasteiger partial charge in [-0.25, -0.2) is 4.39 Å². The van der Waals surface area contributed by atoms with Crippen molar-refractivity contribution < 1.29 is 9.18 Å². The minimum atomic E-state index is -0.399. The second-order valence-corrected chi connectivity index (χ2v) is 4.23. The molecule has 0 aliphatic carbocycles. The van der Waals surface area contributed by atoms with E-state index in [1.807, 2.05) is 0 Å². The molecule has 0 saturated heterocycles. The molecular formula is C15H10FN3O. The van der Waals surface area contributed by atoms with Crippen LogP contribution in [0.15, 0.2) is 55.0 Å². The lowest BCUT2D eigenvalue weighted by Gasteiger charge is -2.05. The number of aromatic nitrogens is 2. The number of halogens is 1. The van der Waals surface area contributed by atoms with Gasteiger partial charge in [-0.1, -0.05) is 12.1 Å². The van der Waals surface area contributed by atoms with E-state index in [2.05, 4.69) is 15.3 Å². The average Bonchev–Trinajstić information content (AvgIpc) is 2.48. The van der Waals surface area contributed by atoms with Gasteiger partial charge in [-0.15, -0.1) is 0 Å². The van der Waals surface area contributed by atoms with Crippen LogP contribution in [-0.4, -0.2) is 15.9 Å². The second kappa shape index (κ2) is 5.05. The molecular weight excluding hydrogens is 257 g/mol. The van der Waals surface area contributed by atoms with E-state index in [9.17, 15) is 9.18 Å². The Morgan fingerprint density at radius 1 is 1.15 bits per heavy atom. The third-order valence-electron chi connectivity index (χ3n) is 2.86. The van der Waals surface area contributed by atoms with E-state index < -0.39 is 5.82 Å². The van der Waals surface area contributed by atoms with Gasteiger partial charge in [0.1, 0.15) is 11.3 Å². The highest BCUT2D eigenvalue weighted by Gasteiger charge is 2.09. The van der Waals surface area contributed by atoms with Crippen LogP contribution in [0.1, 0.15) is 10.4 Å². The van der Waals surface area contributed by atoms with Gasteiger partial charge >= 0.3 is 0 Å². The predicted octanol–water partition coefficient (Wildman–Crippen LogP) is 3.02. The minimum Gasteiger partial charge on any atom is -0.322 e. The smallest absolute Gasteiger partial charge is 0.257 e. The molecule has 1 aromatic carbocycles. The zero-order valence-electron chi connectivity index (χ0n) is 10.4. The summed E-state index contributed by atoms with van der Waals surface area (Å²) in [5.41, 5.74) is 1.28. The van der Waals surface area contributed by atoms with Crippen LogP contribution in [0.25, 0.3) is 10.9 Å². The lowest BCUT2D eigenvalue weighted by molar-refractivity contribution is 0.102. The van der Waals surface area contributed by atoms with Gasteiger partial charge in [-0.2, -0.15) is 0 Å². The van der Waals surface area contributed by atoms with Crippen LogP contribution in [0.2, 0.25) is 0 Å². The van der Waals surface area contributed by atoms with Crippen molar-refractivity contribution >= 4 is 22.5 Å². The Morgan fingerprint density at radius 3 is 2.75 bits per heavy atom. The fraction of sp³-hybridized carbons (Fsp3) is 0. The first kappa shape index (κ1) is 12.2. The van der Waals surface area contributed by atoms with Gasteiger partial charge in [-0.3, -0.25) is 14.8 Å². The number of anilines is 1. The Hall–Kier alpha value is -2.82. The first-order chi connectivity index (χ1) is 9.74. The second-order valence-electron chi connectivity index (χ2n) is 4.23. The summed E-state index contributed by atoms with van der Waals surface area (Å²) in [6.07, 6.45) is 4.54. The third kappa shape index (κ3) is 2.33. The van der Waals surface area contributed by atoms with E-state index in [1.165, 1.54) is 12.3 Å². The Labute approximate surface area is 114 Å². The molecule has 0 saturated carbocycles. The molecule has 98 valence electrons. The molecule has 2 aromatic heterocycles. The maximum Gasteiger partial charge on any atom is 0.257 e. The van der Waals surface area contributed by atoms with Crippen LogP contribution in [-0.2, 0) is 0 Å². The van der Waals surface area contributed by atoms with Crippen molar-refractivity contribution in [2.75, 3.05) is 5.32 Å². The fourth-order valence-corrected chi connectivity index (χ4v) is 1.89. The molecule has 4 nitrogen and oxygen atoms in total. The molecule has 5 heteroatoms. The molecule has 20 heavy (non-hydrogen) atoms. The lowest BCUT2D eigenvalue weighted by Crippen LogP contribution is -2.12. The average molecular weight is 267 g/mol. The zero-order chi connectivity index (χ0) is 13.9. The van der Waals surface area contributed by atoms with Crippen LogP contribution in [0, 0.1) is 5.82 Å². The molecule has 0 spiro atoms. The van der Waals surface area contributed by atoms with Gasteiger partial charge in [0.25, 0.3) is 5.91 Å². The largest absolute Gasteiger partial charge is 0.322 e. The van der Waals surface area contributed by atoms with Crippen molar-refractivity contribution in [1.82, 2.24) is 9.97 Å². The van der Waals surface area contributed by atoms with Gasteiger partial charge in [0.2, 0.25) is 0 Å². The Kier molecular flexibility index (Phi) is 3.09. The molecule has 0 radical (unpaired) electrons. The quantitative estimate of drug-likeness (QED) is 0.776. The summed E-state index contributed by atoms with van der Waals surface area (Å²) < 4.78 is 13.5. The first-order valence-electron chi connectivity index (χ1n) is 6.00. The number of rotatable bonds is 2. The third-order valence-corrected chi connectivity index (χ3v) is 2.86. The monoisotopic (exact) mass is 267 g/mol.